The summed E-state index contributed by atoms with van der Waals surface area (Å²) in [5.41, 5.74) is 0.750. The van der Waals surface area contributed by atoms with Gasteiger partial charge in [0.2, 0.25) is 0 Å². The maximum absolute atomic E-state index is 13.1. The number of aliphatic hydroxyl groups is 1. The minimum absolute atomic E-state index is 0.00908. The van der Waals surface area contributed by atoms with Gasteiger partial charge in [0.05, 0.1) is 16.6 Å². The van der Waals surface area contributed by atoms with Crippen molar-refractivity contribution in [3.63, 3.8) is 0 Å². The molecule has 5 rings (SSSR count). The van der Waals surface area contributed by atoms with E-state index in [0.29, 0.717) is 10.9 Å². The van der Waals surface area contributed by atoms with E-state index in [9.17, 15) is 34.2 Å². The molecule has 0 aliphatic carbocycles. The third-order valence-corrected chi connectivity index (χ3v) is 6.92. The van der Waals surface area contributed by atoms with Crippen LogP contribution in [0.5, 0.6) is 5.75 Å². The number of rotatable bonds is 8. The Hall–Kier alpha value is -4.10. The highest BCUT2D eigenvalue weighted by molar-refractivity contribution is 7.46. The SMILES string of the molecule is O=C(OC[C@H]1O[C@@H](n2ccc3cc(O)ccc32)[C@H](OC(=O)c2ccccc2)[C@@H](OP(=O)(O)O)[C@@H]1O)c1cccnc1. The van der Waals surface area contributed by atoms with Crippen LogP contribution in [0.3, 0.4) is 0 Å². The summed E-state index contributed by atoms with van der Waals surface area (Å²) < 4.78 is 35.6. The number of pyridine rings is 1. The Morgan fingerprint density at radius 2 is 1.73 bits per heavy atom. The first kappa shape index (κ1) is 28.4. The quantitative estimate of drug-likeness (QED) is 0.175. The lowest BCUT2D eigenvalue weighted by atomic mass is 9.97. The molecule has 0 spiro atoms. The van der Waals surface area contributed by atoms with Crippen molar-refractivity contribution in [2.45, 2.75) is 30.6 Å². The number of phenols is 1. The van der Waals surface area contributed by atoms with Crippen molar-refractivity contribution in [3.8, 4) is 5.75 Å². The van der Waals surface area contributed by atoms with E-state index >= 15 is 0 Å². The highest BCUT2D eigenvalue weighted by atomic mass is 31.2. The van der Waals surface area contributed by atoms with Gasteiger partial charge in [-0.25, -0.2) is 14.2 Å². The van der Waals surface area contributed by atoms with Gasteiger partial charge in [0.25, 0.3) is 0 Å². The van der Waals surface area contributed by atoms with Crippen LogP contribution in [0.2, 0.25) is 0 Å². The van der Waals surface area contributed by atoms with E-state index in [0.717, 1.165) is 0 Å². The number of hydrogen-bond acceptors (Lipinski definition) is 10. The van der Waals surface area contributed by atoms with Crippen LogP contribution in [0.15, 0.2) is 85.3 Å². The van der Waals surface area contributed by atoms with Crippen LogP contribution in [0, 0.1) is 0 Å². The molecular weight excluding hydrogens is 559 g/mol. The molecule has 2 aromatic heterocycles. The second-order valence-electron chi connectivity index (χ2n) is 9.16. The predicted octanol–water partition coefficient (Wildman–Crippen LogP) is 2.56. The minimum Gasteiger partial charge on any atom is -0.508 e. The van der Waals surface area contributed by atoms with Crippen molar-refractivity contribution in [3.05, 3.63) is 96.4 Å². The number of fused-ring (bicyclic) bond motifs is 1. The number of benzene rings is 2. The van der Waals surface area contributed by atoms with Crippen LogP contribution in [0.1, 0.15) is 26.9 Å². The van der Waals surface area contributed by atoms with Crippen LogP contribution in [0.4, 0.5) is 0 Å². The first-order valence-electron chi connectivity index (χ1n) is 12.3. The zero-order valence-corrected chi connectivity index (χ0v) is 22.1. The smallest absolute Gasteiger partial charge is 0.470 e. The molecule has 1 aliphatic heterocycles. The third kappa shape index (κ3) is 6.46. The van der Waals surface area contributed by atoms with E-state index in [1.807, 2.05) is 0 Å². The van der Waals surface area contributed by atoms with Gasteiger partial charge in [0, 0.05) is 24.0 Å². The number of phosphoric acid groups is 1. The summed E-state index contributed by atoms with van der Waals surface area (Å²) in [6.07, 6.45) is -3.65. The summed E-state index contributed by atoms with van der Waals surface area (Å²) in [5.74, 6) is -1.66. The van der Waals surface area contributed by atoms with Gasteiger partial charge in [-0.1, -0.05) is 18.2 Å². The topological polar surface area (TPSA) is 187 Å². The Labute approximate surface area is 232 Å². The van der Waals surface area contributed by atoms with Crippen molar-refractivity contribution in [2.75, 3.05) is 6.61 Å². The van der Waals surface area contributed by atoms with E-state index in [-0.39, 0.29) is 16.9 Å². The fourth-order valence-electron chi connectivity index (χ4n) is 4.54. The largest absolute Gasteiger partial charge is 0.508 e. The number of phosphoric ester groups is 1. The van der Waals surface area contributed by atoms with E-state index in [1.54, 1.807) is 36.5 Å². The monoisotopic (exact) mass is 584 g/mol. The average molecular weight is 584 g/mol. The van der Waals surface area contributed by atoms with Crippen molar-refractivity contribution in [2.24, 2.45) is 0 Å². The Kier molecular flexibility index (Phi) is 8.18. The van der Waals surface area contributed by atoms with Crippen molar-refractivity contribution >= 4 is 30.7 Å². The lowest BCUT2D eigenvalue weighted by Crippen LogP contribution is -2.58. The lowest BCUT2D eigenvalue weighted by Gasteiger charge is -2.44. The molecule has 0 radical (unpaired) electrons. The highest BCUT2D eigenvalue weighted by Crippen LogP contribution is 2.44. The highest BCUT2D eigenvalue weighted by Gasteiger charge is 2.52. The number of nitrogens with zero attached hydrogens (tertiary/aromatic N) is 2. The number of hydrogen-bond donors (Lipinski definition) is 4. The molecule has 2 aromatic carbocycles. The van der Waals surface area contributed by atoms with Gasteiger partial charge in [-0.3, -0.25) is 9.51 Å². The van der Waals surface area contributed by atoms with Crippen LogP contribution in [-0.2, 0) is 23.3 Å². The molecule has 0 saturated carbocycles. The van der Waals surface area contributed by atoms with Gasteiger partial charge in [-0.05, 0) is 48.5 Å². The lowest BCUT2D eigenvalue weighted by molar-refractivity contribution is -0.246. The first-order chi connectivity index (χ1) is 19.6. The van der Waals surface area contributed by atoms with Gasteiger partial charge >= 0.3 is 19.8 Å². The van der Waals surface area contributed by atoms with Crippen molar-refractivity contribution < 1.29 is 52.9 Å². The summed E-state index contributed by atoms with van der Waals surface area (Å²) in [5, 5.41) is 21.6. The Bertz CT molecular complexity index is 1570. The summed E-state index contributed by atoms with van der Waals surface area (Å²) in [7, 11) is -5.26. The summed E-state index contributed by atoms with van der Waals surface area (Å²) >= 11 is 0. The zero-order valence-electron chi connectivity index (χ0n) is 21.2. The fourth-order valence-corrected chi connectivity index (χ4v) is 5.10. The van der Waals surface area contributed by atoms with E-state index in [4.69, 9.17) is 18.7 Å². The molecule has 13 nitrogen and oxygen atoms in total. The summed E-state index contributed by atoms with van der Waals surface area (Å²) in [4.78, 5) is 48.9. The number of phenolic OH excluding ortho intramolecular Hbond substituents is 1. The Balaban J connectivity index is 1.52. The third-order valence-electron chi connectivity index (χ3n) is 6.40. The van der Waals surface area contributed by atoms with Gasteiger partial charge in [0.1, 0.15) is 30.7 Å². The molecule has 0 bridgehead atoms. The molecule has 4 N–H and O–H groups in total. The van der Waals surface area contributed by atoms with Crippen LogP contribution in [-0.4, -0.2) is 72.5 Å². The Morgan fingerprint density at radius 3 is 2.44 bits per heavy atom. The van der Waals surface area contributed by atoms with Gasteiger partial charge in [-0.2, -0.15) is 0 Å². The van der Waals surface area contributed by atoms with Crippen LogP contribution >= 0.6 is 7.82 Å². The number of aromatic hydroxyl groups is 1. The van der Waals surface area contributed by atoms with E-state index in [1.165, 1.54) is 53.4 Å². The molecule has 1 aliphatic rings. The molecule has 41 heavy (non-hydrogen) atoms. The number of carbonyl (C=O) groups is 2. The molecule has 1 saturated heterocycles. The molecule has 5 atom stereocenters. The molecule has 0 unspecified atom stereocenters. The van der Waals surface area contributed by atoms with E-state index < -0.39 is 57.0 Å². The molecule has 1 fully saturated rings. The fraction of sp³-hybridized carbons (Fsp3) is 0.222. The number of aromatic nitrogens is 2. The molecule has 14 heteroatoms. The normalized spacial score (nSPS) is 22.8. The van der Waals surface area contributed by atoms with Crippen molar-refractivity contribution in [1.82, 2.24) is 9.55 Å². The second kappa shape index (κ2) is 11.8. The number of ether oxygens (including phenoxy) is 3. The molecule has 3 heterocycles. The maximum atomic E-state index is 13.1. The molecule has 214 valence electrons. The summed E-state index contributed by atoms with van der Waals surface area (Å²) in [6.45, 7) is -0.550. The number of carbonyl (C=O) groups excluding carboxylic acids is 2. The average Bonchev–Trinajstić information content (AvgIpc) is 3.37. The van der Waals surface area contributed by atoms with Gasteiger partial charge in [0.15, 0.2) is 12.3 Å². The predicted molar refractivity (Wildman–Crippen MR) is 141 cm³/mol. The van der Waals surface area contributed by atoms with E-state index in [2.05, 4.69) is 4.98 Å². The number of esters is 2. The maximum Gasteiger partial charge on any atom is 0.470 e. The Morgan fingerprint density at radius 1 is 0.976 bits per heavy atom. The second-order valence-corrected chi connectivity index (χ2v) is 10.4. The standard InChI is InChI=1S/C27H25N2O11P/c30-19-8-9-20-17(13-19)10-12-29(20)25-24(39-27(33)16-5-2-1-3-6-16)23(40-41(34,35)36)22(31)21(38-25)15-37-26(32)18-7-4-11-28-14-18/h1-14,21-25,30-31H,15H2,(H2,34,35,36)/t21-,22-,23+,24-,25-/m1/s1. The number of aliphatic hydroxyl groups excluding tert-OH is 1. The van der Waals surface area contributed by atoms with Gasteiger partial charge in [-0.15, -0.1) is 0 Å². The molecule has 0 amide bonds. The van der Waals surface area contributed by atoms with Crippen LogP contribution < -0.4 is 0 Å². The van der Waals surface area contributed by atoms with Gasteiger partial charge < -0.3 is 38.8 Å². The van der Waals surface area contributed by atoms with Crippen molar-refractivity contribution in [1.29, 1.82) is 0 Å². The zero-order chi connectivity index (χ0) is 29.1. The summed E-state index contributed by atoms with van der Waals surface area (Å²) in [6, 6.07) is 16.9. The minimum atomic E-state index is -5.26. The first-order valence-corrected chi connectivity index (χ1v) is 13.8. The van der Waals surface area contributed by atoms with Crippen LogP contribution in [0.25, 0.3) is 10.9 Å². The molecular formula is C27H25N2O11P. The molecule has 4 aromatic rings.